The van der Waals surface area contributed by atoms with Gasteiger partial charge in [-0.3, -0.25) is 9.78 Å². The molecule has 0 saturated carbocycles. The molecule has 0 aliphatic rings. The van der Waals surface area contributed by atoms with Gasteiger partial charge in [0.2, 0.25) is 0 Å². The van der Waals surface area contributed by atoms with Gasteiger partial charge in [-0.25, -0.2) is 4.79 Å². The molecule has 1 unspecified atom stereocenters. The van der Waals surface area contributed by atoms with E-state index in [1.807, 2.05) is 36.4 Å². The third-order valence-electron chi connectivity index (χ3n) is 6.44. The Morgan fingerprint density at radius 2 is 1.69 bits per heavy atom. The first kappa shape index (κ1) is 25.2. The maximum Gasteiger partial charge on any atom is 0.356 e. The first-order chi connectivity index (χ1) is 19.0. The maximum atomic E-state index is 14.1. The second-order valence-electron chi connectivity index (χ2n) is 8.82. The lowest BCUT2D eigenvalue weighted by Gasteiger charge is -2.20. The molecule has 3 aromatic carbocycles. The number of aromatic nitrogens is 2. The number of fused-ring (bicyclic) bond motifs is 1. The summed E-state index contributed by atoms with van der Waals surface area (Å²) in [7, 11) is 1.49. The summed E-state index contributed by atoms with van der Waals surface area (Å²) in [5.74, 6) is -1.13. The highest BCUT2D eigenvalue weighted by molar-refractivity contribution is 6.16. The lowest BCUT2D eigenvalue weighted by molar-refractivity contribution is 0.0363. The van der Waals surface area contributed by atoms with E-state index in [9.17, 15) is 14.9 Å². The maximum absolute atomic E-state index is 14.1. The zero-order valence-corrected chi connectivity index (χ0v) is 21.1. The van der Waals surface area contributed by atoms with Crippen molar-refractivity contribution in [3.8, 4) is 11.8 Å². The SMILES string of the molecule is COc1cccc2c1c(C(N)=O)c(C(=O)OC(c1ccccc1)c1ccncc1)n2Cc1cccc(C#N)c1. The number of hydrogen-bond acceptors (Lipinski definition) is 6. The van der Waals surface area contributed by atoms with E-state index in [0.717, 1.165) is 11.1 Å². The van der Waals surface area contributed by atoms with E-state index in [-0.39, 0.29) is 17.8 Å². The lowest BCUT2D eigenvalue weighted by atomic mass is 10.0. The van der Waals surface area contributed by atoms with E-state index in [4.69, 9.17) is 15.2 Å². The Labute approximate surface area is 224 Å². The van der Waals surface area contributed by atoms with E-state index in [2.05, 4.69) is 11.1 Å². The molecule has 0 bridgehead atoms. The van der Waals surface area contributed by atoms with Crippen LogP contribution in [-0.2, 0) is 11.3 Å². The molecule has 1 amide bonds. The number of benzene rings is 3. The van der Waals surface area contributed by atoms with Gasteiger partial charge in [0.1, 0.15) is 11.4 Å². The van der Waals surface area contributed by atoms with E-state index in [1.165, 1.54) is 7.11 Å². The number of ether oxygens (including phenoxy) is 2. The molecule has 2 N–H and O–H groups in total. The van der Waals surface area contributed by atoms with E-state index >= 15 is 0 Å². The summed E-state index contributed by atoms with van der Waals surface area (Å²) in [5.41, 5.74) is 9.15. The van der Waals surface area contributed by atoms with Crippen LogP contribution in [0.25, 0.3) is 10.9 Å². The van der Waals surface area contributed by atoms with Crippen molar-refractivity contribution in [1.82, 2.24) is 9.55 Å². The second kappa shape index (κ2) is 10.9. The lowest BCUT2D eigenvalue weighted by Crippen LogP contribution is -2.22. The molecule has 1 atom stereocenters. The Bertz CT molecular complexity index is 1670. The van der Waals surface area contributed by atoms with Crippen molar-refractivity contribution in [3.05, 3.63) is 131 Å². The number of rotatable bonds is 8. The van der Waals surface area contributed by atoms with Gasteiger partial charge in [0, 0.05) is 24.5 Å². The van der Waals surface area contributed by atoms with Crippen molar-refractivity contribution in [3.63, 3.8) is 0 Å². The van der Waals surface area contributed by atoms with Crippen molar-refractivity contribution >= 4 is 22.8 Å². The molecule has 0 spiro atoms. The number of nitriles is 1. The third kappa shape index (κ3) is 4.93. The van der Waals surface area contributed by atoms with Gasteiger partial charge in [-0.1, -0.05) is 48.5 Å². The number of carbonyl (C=O) groups is 2. The average molecular weight is 517 g/mol. The van der Waals surface area contributed by atoms with E-state index in [1.54, 1.807) is 65.5 Å². The number of nitrogens with two attached hydrogens (primary N) is 1. The molecule has 2 aromatic heterocycles. The van der Waals surface area contributed by atoms with Crippen LogP contribution in [0.5, 0.6) is 5.75 Å². The Hall–Kier alpha value is -5.42. The largest absolute Gasteiger partial charge is 0.496 e. The number of primary amides is 1. The van der Waals surface area contributed by atoms with Crippen LogP contribution in [0.4, 0.5) is 0 Å². The Kier molecular flexibility index (Phi) is 7.06. The Balaban J connectivity index is 1.70. The molecular weight excluding hydrogens is 492 g/mol. The predicted molar refractivity (Wildman–Crippen MR) is 145 cm³/mol. The highest BCUT2D eigenvalue weighted by Gasteiger charge is 2.31. The van der Waals surface area contributed by atoms with E-state index in [0.29, 0.717) is 27.8 Å². The normalized spacial score (nSPS) is 11.5. The van der Waals surface area contributed by atoms with Crippen LogP contribution >= 0.6 is 0 Å². The van der Waals surface area contributed by atoms with Crippen molar-refractivity contribution in [2.45, 2.75) is 12.6 Å². The fourth-order valence-corrected chi connectivity index (χ4v) is 4.74. The second-order valence-corrected chi connectivity index (χ2v) is 8.82. The molecule has 2 heterocycles. The quantitative estimate of drug-likeness (QED) is 0.290. The number of amides is 1. The molecule has 8 nitrogen and oxygen atoms in total. The van der Waals surface area contributed by atoms with Crippen LogP contribution < -0.4 is 10.5 Å². The molecule has 0 radical (unpaired) electrons. The number of hydrogen-bond donors (Lipinski definition) is 1. The standard InChI is InChI=1S/C31H24N4O4/c1-38-25-12-6-11-24-26(25)27(30(33)36)28(35(24)19-21-8-5-7-20(17-21)18-32)31(37)39-29(22-9-3-2-4-10-22)23-13-15-34-16-14-23/h2-17,29H,19H2,1H3,(H2,33,36). The van der Waals surface area contributed by atoms with Gasteiger partial charge in [-0.2, -0.15) is 5.26 Å². The predicted octanol–water partition coefficient (Wildman–Crippen LogP) is 5.01. The zero-order valence-electron chi connectivity index (χ0n) is 21.1. The summed E-state index contributed by atoms with van der Waals surface area (Å²) in [6.07, 6.45) is 2.48. The minimum absolute atomic E-state index is 0.000604. The fourth-order valence-electron chi connectivity index (χ4n) is 4.74. The fraction of sp³-hybridized carbons (Fsp3) is 0.0968. The molecule has 192 valence electrons. The van der Waals surface area contributed by atoms with Crippen molar-refractivity contribution < 1.29 is 19.1 Å². The number of carbonyl (C=O) groups excluding carboxylic acids is 2. The van der Waals surface area contributed by atoms with Gasteiger partial charge in [-0.05, 0) is 47.5 Å². The third-order valence-corrected chi connectivity index (χ3v) is 6.44. The number of pyridine rings is 1. The average Bonchev–Trinajstić information content (AvgIpc) is 3.31. The van der Waals surface area contributed by atoms with Gasteiger partial charge < -0.3 is 19.8 Å². The first-order valence-corrected chi connectivity index (χ1v) is 12.2. The molecule has 39 heavy (non-hydrogen) atoms. The van der Waals surface area contributed by atoms with Gasteiger partial charge in [0.05, 0.1) is 35.2 Å². The van der Waals surface area contributed by atoms with Crippen LogP contribution in [-0.4, -0.2) is 28.5 Å². The summed E-state index contributed by atoms with van der Waals surface area (Å²) >= 11 is 0. The topological polar surface area (TPSA) is 120 Å². The van der Waals surface area contributed by atoms with Crippen LogP contribution in [0.2, 0.25) is 0 Å². The van der Waals surface area contributed by atoms with Crippen molar-refractivity contribution in [2.75, 3.05) is 7.11 Å². The van der Waals surface area contributed by atoms with Crippen LogP contribution in [0.15, 0.2) is 97.3 Å². The number of nitrogens with zero attached hydrogens (tertiary/aromatic N) is 3. The highest BCUT2D eigenvalue weighted by atomic mass is 16.5. The first-order valence-electron chi connectivity index (χ1n) is 12.2. The molecule has 0 aliphatic carbocycles. The molecule has 8 heteroatoms. The molecule has 5 aromatic rings. The van der Waals surface area contributed by atoms with Gasteiger partial charge in [0.25, 0.3) is 5.91 Å². The minimum Gasteiger partial charge on any atom is -0.496 e. The number of methoxy groups -OCH3 is 1. The molecule has 0 fully saturated rings. The van der Waals surface area contributed by atoms with Crippen LogP contribution in [0.3, 0.4) is 0 Å². The smallest absolute Gasteiger partial charge is 0.356 e. The molecule has 0 aliphatic heterocycles. The zero-order chi connectivity index (χ0) is 27.4. The summed E-state index contributed by atoms with van der Waals surface area (Å²) in [5, 5.41) is 9.80. The number of esters is 1. The van der Waals surface area contributed by atoms with Crippen LogP contribution in [0.1, 0.15) is 49.2 Å². The van der Waals surface area contributed by atoms with Gasteiger partial charge >= 0.3 is 5.97 Å². The monoisotopic (exact) mass is 516 g/mol. The highest BCUT2D eigenvalue weighted by Crippen LogP contribution is 2.36. The van der Waals surface area contributed by atoms with E-state index < -0.39 is 18.0 Å². The molecular formula is C31H24N4O4. The minimum atomic E-state index is -0.791. The van der Waals surface area contributed by atoms with Crippen LogP contribution in [0, 0.1) is 11.3 Å². The van der Waals surface area contributed by atoms with Crippen molar-refractivity contribution in [2.24, 2.45) is 5.73 Å². The van der Waals surface area contributed by atoms with Gasteiger partial charge in [0.15, 0.2) is 6.10 Å². The van der Waals surface area contributed by atoms with Gasteiger partial charge in [-0.15, -0.1) is 0 Å². The van der Waals surface area contributed by atoms with Crippen molar-refractivity contribution in [1.29, 1.82) is 5.26 Å². The Morgan fingerprint density at radius 1 is 0.974 bits per heavy atom. The summed E-state index contributed by atoms with van der Waals surface area (Å²) in [6, 6.07) is 27.3. The summed E-state index contributed by atoms with van der Waals surface area (Å²) < 4.78 is 13.4. The Morgan fingerprint density at radius 3 is 2.38 bits per heavy atom. The molecule has 0 saturated heterocycles. The molecule has 5 rings (SSSR count). The summed E-state index contributed by atoms with van der Waals surface area (Å²) in [4.78, 5) is 31.0. The summed E-state index contributed by atoms with van der Waals surface area (Å²) in [6.45, 7) is 0.183.